The Morgan fingerprint density at radius 2 is 1.83 bits per heavy atom. The van der Waals surface area contributed by atoms with Crippen molar-refractivity contribution in [3.05, 3.63) is 73.3 Å². The van der Waals surface area contributed by atoms with Gasteiger partial charge in [-0.2, -0.15) is 0 Å². The van der Waals surface area contributed by atoms with Crippen LogP contribution >= 0.6 is 22.7 Å². The molecular formula is C38H49N5O8S2. The number of rotatable bonds is 11. The Morgan fingerprint density at radius 3 is 2.51 bits per heavy atom. The van der Waals surface area contributed by atoms with Crippen LogP contribution in [0.1, 0.15) is 85.3 Å². The highest BCUT2D eigenvalue weighted by Gasteiger charge is 2.41. The number of aliphatic hydroxyl groups excluding tert-OH is 1. The van der Waals surface area contributed by atoms with Crippen LogP contribution in [0.2, 0.25) is 0 Å². The van der Waals surface area contributed by atoms with Gasteiger partial charge >= 0.3 is 11.0 Å². The predicted octanol–water partition coefficient (Wildman–Crippen LogP) is 5.73. The molecule has 4 heterocycles. The molecule has 2 aromatic heterocycles. The molecule has 1 unspecified atom stereocenters. The molecule has 2 aromatic carbocycles. The van der Waals surface area contributed by atoms with Crippen molar-refractivity contribution in [1.82, 2.24) is 24.7 Å². The second-order valence-electron chi connectivity index (χ2n) is 15.1. The van der Waals surface area contributed by atoms with Crippen molar-refractivity contribution in [1.29, 1.82) is 0 Å². The first-order chi connectivity index (χ1) is 25.2. The number of aliphatic hydroxyl groups is 1. The maximum Gasteiger partial charge on any atom is 0.410 e. The number of thiazole rings is 2. The molecule has 0 bridgehead atoms. The summed E-state index contributed by atoms with van der Waals surface area (Å²) in [7, 11) is 0. The molecule has 3 N–H and O–H groups in total. The fourth-order valence-corrected chi connectivity index (χ4v) is 8.46. The molecule has 53 heavy (non-hydrogen) atoms. The third-order valence-corrected chi connectivity index (χ3v) is 11.7. The zero-order valence-electron chi connectivity index (χ0n) is 30.9. The number of H-pyrrole nitrogens is 1. The average Bonchev–Trinajstić information content (AvgIpc) is 3.77. The van der Waals surface area contributed by atoms with Crippen LogP contribution in [0.25, 0.3) is 10.2 Å². The van der Waals surface area contributed by atoms with Crippen molar-refractivity contribution in [2.24, 2.45) is 0 Å². The number of likely N-dealkylation sites (tertiary alicyclic amines) is 1. The number of benzene rings is 2. The lowest BCUT2D eigenvalue weighted by molar-refractivity contribution is -0.127. The van der Waals surface area contributed by atoms with Gasteiger partial charge in [-0.25, -0.2) is 9.78 Å². The van der Waals surface area contributed by atoms with Crippen LogP contribution in [0.3, 0.4) is 0 Å². The highest BCUT2D eigenvalue weighted by molar-refractivity contribution is 7.16. The minimum absolute atomic E-state index is 0.0432. The van der Waals surface area contributed by atoms with E-state index in [0.29, 0.717) is 53.1 Å². The van der Waals surface area contributed by atoms with Crippen LogP contribution < -0.4 is 9.61 Å². The molecule has 2 fully saturated rings. The fraction of sp³-hybridized carbons (Fsp3) is 0.526. The summed E-state index contributed by atoms with van der Waals surface area (Å²) in [6.07, 6.45) is 1.67. The smallest absolute Gasteiger partial charge is 0.410 e. The van der Waals surface area contributed by atoms with Crippen LogP contribution in [0, 0.1) is 0 Å². The van der Waals surface area contributed by atoms with Crippen molar-refractivity contribution in [3.63, 3.8) is 0 Å². The van der Waals surface area contributed by atoms with Gasteiger partial charge in [0, 0.05) is 44.2 Å². The largest absolute Gasteiger partial charge is 0.506 e. The van der Waals surface area contributed by atoms with E-state index >= 15 is 0 Å². The minimum Gasteiger partial charge on any atom is -0.506 e. The Labute approximate surface area is 317 Å². The summed E-state index contributed by atoms with van der Waals surface area (Å²) in [5, 5.41) is 22.4. The number of morpholine rings is 1. The second kappa shape index (κ2) is 16.1. The molecular weight excluding hydrogens is 719 g/mol. The number of aromatic amines is 1. The number of nitrogens with one attached hydrogen (secondary N) is 1. The van der Waals surface area contributed by atoms with E-state index in [1.807, 2.05) is 29.2 Å². The summed E-state index contributed by atoms with van der Waals surface area (Å²) in [6, 6.07) is 10.4. The molecule has 4 aromatic rings. The third kappa shape index (κ3) is 9.57. The Kier molecular flexibility index (Phi) is 11.8. The van der Waals surface area contributed by atoms with Gasteiger partial charge in [0.25, 0.3) is 5.91 Å². The van der Waals surface area contributed by atoms with E-state index < -0.39 is 17.8 Å². The lowest BCUT2D eigenvalue weighted by Crippen LogP contribution is -2.58. The normalized spacial score (nSPS) is 17.0. The van der Waals surface area contributed by atoms with Crippen molar-refractivity contribution >= 4 is 44.9 Å². The number of fused-ring (bicyclic) bond motifs is 1. The van der Waals surface area contributed by atoms with Gasteiger partial charge in [-0.3, -0.25) is 14.5 Å². The highest BCUT2D eigenvalue weighted by atomic mass is 32.1. The van der Waals surface area contributed by atoms with Crippen molar-refractivity contribution in [3.8, 4) is 11.5 Å². The van der Waals surface area contributed by atoms with Gasteiger partial charge in [-0.05, 0) is 57.4 Å². The summed E-state index contributed by atoms with van der Waals surface area (Å²) in [4.78, 5) is 51.6. The number of amides is 2. The molecule has 6 rings (SSSR count). The predicted molar refractivity (Wildman–Crippen MR) is 204 cm³/mol. The summed E-state index contributed by atoms with van der Waals surface area (Å²) in [5.41, 5.74) is 0.426. The first-order valence-electron chi connectivity index (χ1n) is 18.0. The van der Waals surface area contributed by atoms with Crippen LogP contribution in [0.5, 0.6) is 11.5 Å². The number of ether oxygens (including phenoxy) is 3. The second-order valence-corrected chi connectivity index (χ2v) is 17.1. The maximum absolute atomic E-state index is 13.3. The quantitative estimate of drug-likeness (QED) is 0.172. The summed E-state index contributed by atoms with van der Waals surface area (Å²) >= 11 is 2.37. The van der Waals surface area contributed by atoms with E-state index in [2.05, 4.69) is 28.7 Å². The first-order valence-corrected chi connectivity index (χ1v) is 19.7. The Morgan fingerprint density at radius 1 is 1.09 bits per heavy atom. The standard InChI is InChI=1S/C38H49N5O8S2/c1-24(2)33-39-20-30(52-33)34(46)42-17-19-50-38(23-42)12-14-41(15-13-38)16-18-49-26-8-6-25(7-9-26)21-43(36(48)51-37(3,4)5)22-29(45)27-10-11-28(44)31-32(27)53-35(47)40-31/h6-11,20,24,29,44-45H,12-19,21-23H2,1-5H3,(H,40,47). The van der Waals surface area contributed by atoms with Crippen LogP contribution in [-0.4, -0.2) is 111 Å². The van der Waals surface area contributed by atoms with E-state index in [1.165, 1.54) is 22.3 Å². The topological polar surface area (TPSA) is 158 Å². The van der Waals surface area contributed by atoms with Gasteiger partial charge in [0.05, 0.1) is 47.3 Å². The fourth-order valence-electron chi connectivity index (χ4n) is 6.66. The molecule has 1 spiro atoms. The lowest BCUT2D eigenvalue weighted by Gasteiger charge is -2.47. The summed E-state index contributed by atoms with van der Waals surface area (Å²) in [5.74, 6) is 0.953. The Balaban J connectivity index is 0.999. The van der Waals surface area contributed by atoms with E-state index in [-0.39, 0.29) is 40.7 Å². The monoisotopic (exact) mass is 767 g/mol. The molecule has 0 aliphatic carbocycles. The Hall–Kier alpha value is -4.02. The zero-order chi connectivity index (χ0) is 37.9. The minimum atomic E-state index is -1.14. The SMILES string of the molecule is CC(C)c1ncc(C(=O)N2CCOC3(CCN(CCOc4ccc(CN(CC(O)c5ccc(O)c6[nH]c(=O)sc56)C(=O)OC(C)(C)C)cc4)CC3)C2)s1. The van der Waals surface area contributed by atoms with Crippen LogP contribution in [-0.2, 0) is 16.0 Å². The van der Waals surface area contributed by atoms with Gasteiger partial charge < -0.3 is 39.2 Å². The summed E-state index contributed by atoms with van der Waals surface area (Å²) in [6.45, 7) is 14.3. The maximum atomic E-state index is 13.3. The molecule has 286 valence electrons. The van der Waals surface area contributed by atoms with Crippen molar-refractivity contribution in [2.45, 2.75) is 77.2 Å². The van der Waals surface area contributed by atoms with Crippen molar-refractivity contribution in [2.75, 3.05) is 52.5 Å². The lowest BCUT2D eigenvalue weighted by atomic mass is 9.89. The number of nitrogens with zero attached hydrogens (tertiary/aromatic N) is 4. The molecule has 15 heteroatoms. The molecule has 2 amide bonds. The number of hydrogen-bond donors (Lipinski definition) is 3. The van der Waals surface area contributed by atoms with Gasteiger partial charge in [0.2, 0.25) is 0 Å². The van der Waals surface area contributed by atoms with Crippen molar-refractivity contribution < 1.29 is 34.0 Å². The number of piperidine rings is 1. The highest BCUT2D eigenvalue weighted by Crippen LogP contribution is 2.34. The van der Waals surface area contributed by atoms with Gasteiger partial charge in [0.15, 0.2) is 0 Å². The summed E-state index contributed by atoms with van der Waals surface area (Å²) < 4.78 is 18.5. The number of phenolic OH excluding ortho intramolecular Hbond substituents is 1. The third-order valence-electron chi connectivity index (χ3n) is 9.50. The Bertz CT molecular complexity index is 1940. The zero-order valence-corrected chi connectivity index (χ0v) is 32.6. The van der Waals surface area contributed by atoms with Crippen LogP contribution in [0.15, 0.2) is 47.4 Å². The number of carbonyl (C=O) groups is 2. The average molecular weight is 768 g/mol. The van der Waals surface area contributed by atoms with Gasteiger partial charge in [0.1, 0.15) is 34.1 Å². The van der Waals surface area contributed by atoms with Gasteiger partial charge in [-0.15, -0.1) is 11.3 Å². The molecule has 2 aliphatic heterocycles. The molecule has 2 aliphatic rings. The molecule has 0 saturated carbocycles. The number of carbonyl (C=O) groups excluding carboxylic acids is 2. The number of aromatic hydroxyl groups is 1. The molecule has 2 saturated heterocycles. The van der Waals surface area contributed by atoms with Crippen LogP contribution in [0.4, 0.5) is 4.79 Å². The first kappa shape index (κ1) is 38.7. The number of phenols is 1. The van der Waals surface area contributed by atoms with Gasteiger partial charge in [-0.1, -0.05) is 43.4 Å². The van der Waals surface area contributed by atoms with E-state index in [9.17, 15) is 24.6 Å². The molecule has 1 atom stereocenters. The number of hydrogen-bond acceptors (Lipinski definition) is 12. The molecule has 0 radical (unpaired) electrons. The molecule has 13 nitrogen and oxygen atoms in total. The van der Waals surface area contributed by atoms with E-state index in [0.717, 1.165) is 54.4 Å². The van der Waals surface area contributed by atoms with E-state index in [1.54, 1.807) is 33.0 Å². The number of aromatic nitrogens is 2. The van der Waals surface area contributed by atoms with E-state index in [4.69, 9.17) is 14.2 Å².